The highest BCUT2D eigenvalue weighted by Gasteiger charge is 2.27. The second-order valence-corrected chi connectivity index (χ2v) is 5.43. The number of amides is 1. The molecule has 1 unspecified atom stereocenters. The fourth-order valence-corrected chi connectivity index (χ4v) is 2.96. The topological polar surface area (TPSA) is 71.2 Å². The predicted molar refractivity (Wildman–Crippen MR) is 81.0 cm³/mol. The first kappa shape index (κ1) is 14.8. The molecule has 1 aliphatic rings. The molecule has 5 heteroatoms. The van der Waals surface area contributed by atoms with Crippen LogP contribution in [-0.2, 0) is 0 Å². The molecule has 0 bridgehead atoms. The van der Waals surface area contributed by atoms with Crippen LogP contribution in [0.25, 0.3) is 0 Å². The Morgan fingerprint density at radius 3 is 3.05 bits per heavy atom. The second-order valence-electron chi connectivity index (χ2n) is 5.43. The molecular formula is C15H24N4O. The number of carbonyl (C=O) groups excluding carboxylic acids is 1. The molecule has 1 saturated heterocycles. The molecule has 1 amide bonds. The fourth-order valence-electron chi connectivity index (χ4n) is 2.96. The number of rotatable bonds is 5. The minimum atomic E-state index is -0.386. The normalized spacial score (nSPS) is 19.1. The minimum Gasteiger partial charge on any atom is -0.365 e. The van der Waals surface area contributed by atoms with Crippen molar-refractivity contribution >= 4 is 11.7 Å². The van der Waals surface area contributed by atoms with E-state index in [1.165, 1.54) is 6.42 Å². The van der Waals surface area contributed by atoms with Gasteiger partial charge in [-0.25, -0.2) is 4.98 Å². The number of hydrogen-bond donors (Lipinski definition) is 2. The van der Waals surface area contributed by atoms with E-state index >= 15 is 0 Å². The van der Waals surface area contributed by atoms with E-state index in [1.54, 1.807) is 6.20 Å². The molecule has 1 atom stereocenters. The monoisotopic (exact) mass is 276 g/mol. The molecule has 2 heterocycles. The standard InChI is InChI=1S/C15H24N4O/c1-11-6-9-18-15(13(11)14(16)20)19-10-4-3-5-12(19)7-8-17-2/h6,9,12,17H,3-5,7-8,10H2,1-2H3,(H2,16,20). The second kappa shape index (κ2) is 6.70. The average molecular weight is 276 g/mol. The first-order chi connectivity index (χ1) is 9.65. The summed E-state index contributed by atoms with van der Waals surface area (Å²) in [7, 11) is 1.97. The Labute approximate surface area is 120 Å². The number of primary amides is 1. The van der Waals surface area contributed by atoms with Crippen LogP contribution in [0.4, 0.5) is 5.82 Å². The highest BCUT2D eigenvalue weighted by molar-refractivity contribution is 5.99. The van der Waals surface area contributed by atoms with E-state index < -0.39 is 0 Å². The molecule has 0 aromatic carbocycles. The number of piperidine rings is 1. The van der Waals surface area contributed by atoms with Crippen molar-refractivity contribution in [2.24, 2.45) is 5.73 Å². The number of nitrogens with zero attached hydrogens (tertiary/aromatic N) is 2. The molecule has 2 rings (SSSR count). The Balaban J connectivity index is 2.32. The molecule has 0 saturated carbocycles. The third-order valence-electron chi connectivity index (χ3n) is 4.01. The summed E-state index contributed by atoms with van der Waals surface area (Å²) in [5.74, 6) is 0.377. The number of anilines is 1. The van der Waals surface area contributed by atoms with Crippen LogP contribution in [0.1, 0.15) is 41.6 Å². The van der Waals surface area contributed by atoms with Crippen LogP contribution in [0.2, 0.25) is 0 Å². The van der Waals surface area contributed by atoms with Crippen LogP contribution in [0.15, 0.2) is 12.3 Å². The number of nitrogens with two attached hydrogens (primary N) is 1. The molecule has 1 aliphatic heterocycles. The van der Waals surface area contributed by atoms with Crippen LogP contribution in [0.3, 0.4) is 0 Å². The van der Waals surface area contributed by atoms with Gasteiger partial charge in [0.2, 0.25) is 0 Å². The van der Waals surface area contributed by atoms with Crippen molar-refractivity contribution in [3.63, 3.8) is 0 Å². The van der Waals surface area contributed by atoms with Crippen molar-refractivity contribution < 1.29 is 4.79 Å². The van der Waals surface area contributed by atoms with E-state index in [2.05, 4.69) is 15.2 Å². The van der Waals surface area contributed by atoms with E-state index in [0.717, 1.165) is 43.7 Å². The lowest BCUT2D eigenvalue weighted by Gasteiger charge is -2.37. The Hall–Kier alpha value is -1.62. The van der Waals surface area contributed by atoms with Gasteiger partial charge in [0.15, 0.2) is 0 Å². The summed E-state index contributed by atoms with van der Waals surface area (Å²) >= 11 is 0. The molecular weight excluding hydrogens is 252 g/mol. The van der Waals surface area contributed by atoms with Gasteiger partial charge in [-0.15, -0.1) is 0 Å². The summed E-state index contributed by atoms with van der Waals surface area (Å²) in [4.78, 5) is 18.5. The van der Waals surface area contributed by atoms with E-state index in [4.69, 9.17) is 5.73 Å². The third kappa shape index (κ3) is 3.10. The van der Waals surface area contributed by atoms with Crippen LogP contribution >= 0.6 is 0 Å². The molecule has 3 N–H and O–H groups in total. The lowest BCUT2D eigenvalue weighted by molar-refractivity contribution is 0.0999. The Morgan fingerprint density at radius 2 is 2.35 bits per heavy atom. The molecule has 1 fully saturated rings. The van der Waals surface area contributed by atoms with Gasteiger partial charge in [0.05, 0.1) is 5.56 Å². The van der Waals surface area contributed by atoms with E-state index in [-0.39, 0.29) is 5.91 Å². The fraction of sp³-hybridized carbons (Fsp3) is 0.600. The number of carbonyl (C=O) groups is 1. The SMILES string of the molecule is CNCCC1CCCCN1c1nccc(C)c1C(N)=O. The van der Waals surface area contributed by atoms with Gasteiger partial charge in [0.25, 0.3) is 5.91 Å². The maximum absolute atomic E-state index is 11.7. The predicted octanol–water partition coefficient (Wildman–Crippen LogP) is 1.46. The Bertz CT molecular complexity index is 475. The lowest BCUT2D eigenvalue weighted by atomic mass is 9.98. The van der Waals surface area contributed by atoms with Crippen molar-refractivity contribution in [2.45, 2.75) is 38.6 Å². The Morgan fingerprint density at radius 1 is 1.55 bits per heavy atom. The number of pyridine rings is 1. The average Bonchev–Trinajstić information content (AvgIpc) is 2.44. The third-order valence-corrected chi connectivity index (χ3v) is 4.01. The maximum Gasteiger partial charge on any atom is 0.252 e. The summed E-state index contributed by atoms with van der Waals surface area (Å²) < 4.78 is 0. The van der Waals surface area contributed by atoms with Crippen molar-refractivity contribution in [3.8, 4) is 0 Å². The van der Waals surface area contributed by atoms with Crippen molar-refractivity contribution in [1.82, 2.24) is 10.3 Å². The van der Waals surface area contributed by atoms with Gasteiger partial charge in [-0.3, -0.25) is 4.79 Å². The molecule has 20 heavy (non-hydrogen) atoms. The number of aryl methyl sites for hydroxylation is 1. The number of aromatic nitrogens is 1. The summed E-state index contributed by atoms with van der Waals surface area (Å²) in [6.07, 6.45) is 6.35. The first-order valence-corrected chi connectivity index (χ1v) is 7.31. The van der Waals surface area contributed by atoms with Crippen molar-refractivity contribution in [3.05, 3.63) is 23.4 Å². The highest BCUT2D eigenvalue weighted by Crippen LogP contribution is 2.28. The maximum atomic E-state index is 11.7. The minimum absolute atomic E-state index is 0.386. The molecule has 0 aliphatic carbocycles. The van der Waals surface area contributed by atoms with Gasteiger partial charge in [-0.1, -0.05) is 0 Å². The van der Waals surface area contributed by atoms with Gasteiger partial charge < -0.3 is 16.0 Å². The zero-order valence-corrected chi connectivity index (χ0v) is 12.4. The molecule has 0 radical (unpaired) electrons. The van der Waals surface area contributed by atoms with Gasteiger partial charge in [-0.2, -0.15) is 0 Å². The van der Waals surface area contributed by atoms with E-state index in [0.29, 0.717) is 11.6 Å². The zero-order chi connectivity index (χ0) is 14.5. The summed E-state index contributed by atoms with van der Waals surface area (Å²) in [6, 6.07) is 2.28. The molecule has 1 aromatic rings. The van der Waals surface area contributed by atoms with Crippen molar-refractivity contribution in [1.29, 1.82) is 0 Å². The smallest absolute Gasteiger partial charge is 0.252 e. The largest absolute Gasteiger partial charge is 0.365 e. The zero-order valence-electron chi connectivity index (χ0n) is 12.4. The lowest BCUT2D eigenvalue weighted by Crippen LogP contribution is -2.42. The molecule has 1 aromatic heterocycles. The molecule has 0 spiro atoms. The summed E-state index contributed by atoms with van der Waals surface area (Å²) in [5.41, 5.74) is 7.03. The van der Waals surface area contributed by atoms with Gasteiger partial charge >= 0.3 is 0 Å². The Kier molecular flexibility index (Phi) is 4.95. The van der Waals surface area contributed by atoms with E-state index in [1.807, 2.05) is 20.0 Å². The number of nitrogens with one attached hydrogen (secondary N) is 1. The molecule has 5 nitrogen and oxygen atoms in total. The molecule has 110 valence electrons. The van der Waals surface area contributed by atoms with Crippen molar-refractivity contribution in [2.75, 3.05) is 25.0 Å². The van der Waals surface area contributed by atoms with Crippen LogP contribution in [0, 0.1) is 6.92 Å². The van der Waals surface area contributed by atoms with Crippen LogP contribution in [-0.4, -0.2) is 37.1 Å². The summed E-state index contributed by atoms with van der Waals surface area (Å²) in [6.45, 7) is 3.84. The first-order valence-electron chi connectivity index (χ1n) is 7.31. The van der Waals surface area contributed by atoms with Gasteiger partial charge in [0.1, 0.15) is 5.82 Å². The van der Waals surface area contributed by atoms with E-state index in [9.17, 15) is 4.79 Å². The highest BCUT2D eigenvalue weighted by atomic mass is 16.1. The quantitative estimate of drug-likeness (QED) is 0.854. The van der Waals surface area contributed by atoms with Gasteiger partial charge in [-0.05, 0) is 57.8 Å². The van der Waals surface area contributed by atoms with Gasteiger partial charge in [0, 0.05) is 18.8 Å². The number of hydrogen-bond acceptors (Lipinski definition) is 4. The van der Waals surface area contributed by atoms with Crippen LogP contribution in [0.5, 0.6) is 0 Å². The van der Waals surface area contributed by atoms with Crippen LogP contribution < -0.4 is 16.0 Å². The summed E-state index contributed by atoms with van der Waals surface area (Å²) in [5, 5.41) is 3.20.